The lowest BCUT2D eigenvalue weighted by Gasteiger charge is -2.07. The summed E-state index contributed by atoms with van der Waals surface area (Å²) in [5.41, 5.74) is 2.15. The molecule has 17 heavy (non-hydrogen) atoms. The first-order valence-electron chi connectivity index (χ1n) is 5.52. The summed E-state index contributed by atoms with van der Waals surface area (Å²) >= 11 is 0. The van der Waals surface area contributed by atoms with E-state index in [2.05, 4.69) is 17.2 Å². The number of aromatic nitrogens is 2. The predicted molar refractivity (Wildman–Crippen MR) is 66.0 cm³/mol. The summed E-state index contributed by atoms with van der Waals surface area (Å²) in [4.78, 5) is 0. The van der Waals surface area contributed by atoms with Gasteiger partial charge in [-0.1, -0.05) is 30.3 Å². The Bertz CT molecular complexity index is 616. The molecule has 0 unspecified atom stereocenters. The maximum absolute atomic E-state index is 5.80. The molecule has 3 heteroatoms. The summed E-state index contributed by atoms with van der Waals surface area (Å²) in [6.45, 7) is 0.575. The van der Waals surface area contributed by atoms with Gasteiger partial charge in [-0.25, -0.2) is 4.52 Å². The van der Waals surface area contributed by atoms with Crippen LogP contribution in [0.1, 0.15) is 5.56 Å². The number of fused-ring (bicyclic) bond motifs is 1. The van der Waals surface area contributed by atoms with Crippen molar-refractivity contribution in [3.05, 3.63) is 66.5 Å². The SMILES string of the molecule is c1ccc(COc2cccn3nccc23)cc1. The third-order valence-electron chi connectivity index (χ3n) is 2.63. The molecule has 0 N–H and O–H groups in total. The van der Waals surface area contributed by atoms with E-state index in [1.54, 1.807) is 10.7 Å². The number of rotatable bonds is 3. The van der Waals surface area contributed by atoms with Crippen molar-refractivity contribution >= 4 is 5.52 Å². The lowest BCUT2D eigenvalue weighted by molar-refractivity contribution is 0.308. The van der Waals surface area contributed by atoms with Crippen LogP contribution in [-0.4, -0.2) is 9.61 Å². The van der Waals surface area contributed by atoms with Crippen LogP contribution in [0.4, 0.5) is 0 Å². The highest BCUT2D eigenvalue weighted by Crippen LogP contribution is 2.19. The van der Waals surface area contributed by atoms with Crippen molar-refractivity contribution in [3.63, 3.8) is 0 Å². The normalized spacial score (nSPS) is 10.6. The van der Waals surface area contributed by atoms with Gasteiger partial charge in [-0.2, -0.15) is 5.10 Å². The lowest BCUT2D eigenvalue weighted by Crippen LogP contribution is -1.97. The first-order valence-corrected chi connectivity index (χ1v) is 5.52. The highest BCUT2D eigenvalue weighted by Gasteiger charge is 2.02. The first-order chi connectivity index (χ1) is 8.43. The summed E-state index contributed by atoms with van der Waals surface area (Å²) < 4.78 is 7.61. The Labute approximate surface area is 99.3 Å². The molecule has 0 saturated heterocycles. The molecule has 2 aromatic heterocycles. The van der Waals surface area contributed by atoms with Crippen molar-refractivity contribution in [2.24, 2.45) is 0 Å². The van der Waals surface area contributed by atoms with Crippen LogP contribution >= 0.6 is 0 Å². The maximum Gasteiger partial charge on any atom is 0.145 e. The molecule has 0 atom stereocenters. The highest BCUT2D eigenvalue weighted by molar-refractivity contribution is 5.58. The molecule has 0 aliphatic rings. The van der Waals surface area contributed by atoms with Gasteiger partial charge >= 0.3 is 0 Å². The van der Waals surface area contributed by atoms with Gasteiger partial charge in [-0.15, -0.1) is 0 Å². The zero-order valence-electron chi connectivity index (χ0n) is 9.28. The first kappa shape index (κ1) is 9.90. The van der Waals surface area contributed by atoms with Crippen LogP contribution < -0.4 is 4.74 Å². The molecule has 2 heterocycles. The molecule has 3 aromatic rings. The Morgan fingerprint density at radius 2 is 1.88 bits per heavy atom. The zero-order chi connectivity index (χ0) is 11.5. The van der Waals surface area contributed by atoms with Crippen LogP contribution in [-0.2, 0) is 6.61 Å². The van der Waals surface area contributed by atoms with Gasteiger partial charge in [0.1, 0.15) is 17.9 Å². The molecule has 3 rings (SSSR count). The fraction of sp³-hybridized carbons (Fsp3) is 0.0714. The van der Waals surface area contributed by atoms with Gasteiger partial charge in [0.15, 0.2) is 0 Å². The van der Waals surface area contributed by atoms with E-state index < -0.39 is 0 Å². The number of ether oxygens (including phenoxy) is 1. The molecular weight excluding hydrogens is 212 g/mol. The lowest BCUT2D eigenvalue weighted by atomic mass is 10.2. The van der Waals surface area contributed by atoms with Gasteiger partial charge in [-0.05, 0) is 23.8 Å². The average Bonchev–Trinajstić information content (AvgIpc) is 2.86. The molecule has 0 spiro atoms. The minimum atomic E-state index is 0.575. The Kier molecular flexibility index (Phi) is 2.50. The molecule has 0 saturated carbocycles. The smallest absolute Gasteiger partial charge is 0.145 e. The maximum atomic E-state index is 5.80. The quantitative estimate of drug-likeness (QED) is 0.683. The summed E-state index contributed by atoms with van der Waals surface area (Å²) in [6, 6.07) is 16.0. The molecule has 0 amide bonds. The van der Waals surface area contributed by atoms with Crippen molar-refractivity contribution in [2.45, 2.75) is 6.61 Å². The van der Waals surface area contributed by atoms with E-state index in [0.717, 1.165) is 16.8 Å². The van der Waals surface area contributed by atoms with E-state index in [4.69, 9.17) is 4.74 Å². The minimum Gasteiger partial charge on any atom is -0.487 e. The molecule has 3 nitrogen and oxygen atoms in total. The zero-order valence-corrected chi connectivity index (χ0v) is 9.28. The number of nitrogens with zero attached hydrogens (tertiary/aromatic N) is 2. The Hall–Kier alpha value is -2.29. The van der Waals surface area contributed by atoms with Gasteiger partial charge in [0.2, 0.25) is 0 Å². The number of hydrogen-bond acceptors (Lipinski definition) is 2. The number of hydrogen-bond donors (Lipinski definition) is 0. The number of pyridine rings is 1. The third kappa shape index (κ3) is 1.99. The van der Waals surface area contributed by atoms with E-state index in [1.165, 1.54) is 0 Å². The third-order valence-corrected chi connectivity index (χ3v) is 2.63. The van der Waals surface area contributed by atoms with Crippen molar-refractivity contribution in [1.82, 2.24) is 9.61 Å². The van der Waals surface area contributed by atoms with Gasteiger partial charge < -0.3 is 4.74 Å². The molecule has 84 valence electrons. The molecule has 0 aliphatic carbocycles. The van der Waals surface area contributed by atoms with Crippen molar-refractivity contribution in [2.75, 3.05) is 0 Å². The van der Waals surface area contributed by atoms with Crippen LogP contribution in [0.5, 0.6) is 5.75 Å². The van der Waals surface area contributed by atoms with Gasteiger partial charge in [0, 0.05) is 6.20 Å². The fourth-order valence-electron chi connectivity index (χ4n) is 1.78. The van der Waals surface area contributed by atoms with Gasteiger partial charge in [-0.3, -0.25) is 0 Å². The second-order valence-corrected chi connectivity index (χ2v) is 3.81. The van der Waals surface area contributed by atoms with Crippen molar-refractivity contribution in [3.8, 4) is 5.75 Å². The van der Waals surface area contributed by atoms with E-state index in [1.807, 2.05) is 42.6 Å². The van der Waals surface area contributed by atoms with E-state index in [9.17, 15) is 0 Å². The Balaban J connectivity index is 1.84. The van der Waals surface area contributed by atoms with Crippen molar-refractivity contribution < 1.29 is 4.74 Å². The van der Waals surface area contributed by atoms with E-state index in [-0.39, 0.29) is 0 Å². The summed E-state index contributed by atoms with van der Waals surface area (Å²) in [7, 11) is 0. The average molecular weight is 224 g/mol. The summed E-state index contributed by atoms with van der Waals surface area (Å²) in [5.74, 6) is 0.855. The molecule has 1 aromatic carbocycles. The van der Waals surface area contributed by atoms with Crippen LogP contribution in [0.15, 0.2) is 60.9 Å². The Morgan fingerprint density at radius 3 is 2.76 bits per heavy atom. The predicted octanol–water partition coefficient (Wildman–Crippen LogP) is 2.91. The van der Waals surface area contributed by atoms with Crippen LogP contribution in [0.3, 0.4) is 0 Å². The largest absolute Gasteiger partial charge is 0.487 e. The summed E-state index contributed by atoms with van der Waals surface area (Å²) in [5, 5.41) is 4.17. The van der Waals surface area contributed by atoms with E-state index >= 15 is 0 Å². The minimum absolute atomic E-state index is 0.575. The molecule has 0 fully saturated rings. The second kappa shape index (κ2) is 4.29. The Morgan fingerprint density at radius 1 is 1.00 bits per heavy atom. The summed E-state index contributed by atoms with van der Waals surface area (Å²) in [6.07, 6.45) is 3.68. The topological polar surface area (TPSA) is 26.5 Å². The van der Waals surface area contributed by atoms with Gasteiger partial charge in [0.25, 0.3) is 0 Å². The van der Waals surface area contributed by atoms with Crippen LogP contribution in [0.25, 0.3) is 5.52 Å². The van der Waals surface area contributed by atoms with Crippen LogP contribution in [0.2, 0.25) is 0 Å². The van der Waals surface area contributed by atoms with Crippen molar-refractivity contribution in [1.29, 1.82) is 0 Å². The standard InChI is InChI=1S/C14H12N2O/c1-2-5-12(6-3-1)11-17-14-7-4-10-16-13(14)8-9-15-16/h1-10H,11H2. The molecule has 0 radical (unpaired) electrons. The second-order valence-electron chi connectivity index (χ2n) is 3.81. The highest BCUT2D eigenvalue weighted by atomic mass is 16.5. The van der Waals surface area contributed by atoms with Gasteiger partial charge in [0.05, 0.1) is 6.20 Å². The van der Waals surface area contributed by atoms with E-state index in [0.29, 0.717) is 6.61 Å². The fourth-order valence-corrected chi connectivity index (χ4v) is 1.78. The monoisotopic (exact) mass is 224 g/mol. The van der Waals surface area contributed by atoms with Crippen LogP contribution in [0, 0.1) is 0 Å². The molecule has 0 bridgehead atoms. The number of benzene rings is 1. The molecular formula is C14H12N2O. The molecule has 0 aliphatic heterocycles.